The van der Waals surface area contributed by atoms with E-state index in [1.54, 1.807) is 38.1 Å². The maximum atomic E-state index is 13.8. The first-order valence-corrected chi connectivity index (χ1v) is 6.41. The number of ether oxygens (including phenoxy) is 2. The molecule has 0 spiro atoms. The summed E-state index contributed by atoms with van der Waals surface area (Å²) in [5.41, 5.74) is 0.531. The van der Waals surface area contributed by atoms with E-state index in [0.29, 0.717) is 17.7 Å². The molecule has 1 atom stereocenters. The normalized spacial score (nSPS) is 18.6. The molecule has 0 aliphatic carbocycles. The number of hydrogen-bond acceptors (Lipinski definition) is 3. The van der Waals surface area contributed by atoms with E-state index in [9.17, 15) is 9.18 Å². The van der Waals surface area contributed by atoms with E-state index < -0.39 is 11.8 Å². The van der Waals surface area contributed by atoms with Crippen molar-refractivity contribution in [1.82, 2.24) is 0 Å². The molecule has 4 heteroatoms. The summed E-state index contributed by atoms with van der Waals surface area (Å²) >= 11 is 0. The van der Waals surface area contributed by atoms with Gasteiger partial charge < -0.3 is 9.47 Å². The highest BCUT2D eigenvalue weighted by atomic mass is 19.1. The van der Waals surface area contributed by atoms with Crippen molar-refractivity contribution in [2.24, 2.45) is 0 Å². The summed E-state index contributed by atoms with van der Waals surface area (Å²) in [6.07, 6.45) is 3.31. The van der Waals surface area contributed by atoms with E-state index in [1.807, 2.05) is 0 Å². The van der Waals surface area contributed by atoms with E-state index in [1.165, 1.54) is 12.1 Å². The monoisotopic (exact) mass is 276 g/mol. The maximum Gasteiger partial charge on any atom is 0.337 e. The third-order valence-corrected chi connectivity index (χ3v) is 3.01. The number of rotatable bonds is 4. The summed E-state index contributed by atoms with van der Waals surface area (Å²) in [6, 6.07) is 6.51. The summed E-state index contributed by atoms with van der Waals surface area (Å²) in [5, 5.41) is 0. The second kappa shape index (κ2) is 5.49. The molecule has 1 heterocycles. The SMILES string of the molecule is C=C[C@H](CC1=CC(=O)OC(C)(C)O1)c1ccccc1F. The van der Waals surface area contributed by atoms with Gasteiger partial charge in [-0.3, -0.25) is 0 Å². The number of carbonyl (C=O) groups is 1. The smallest absolute Gasteiger partial charge is 0.337 e. The molecule has 1 aromatic rings. The highest BCUT2D eigenvalue weighted by molar-refractivity contribution is 5.83. The molecule has 3 nitrogen and oxygen atoms in total. The van der Waals surface area contributed by atoms with Gasteiger partial charge in [0.25, 0.3) is 0 Å². The highest BCUT2D eigenvalue weighted by Crippen LogP contribution is 2.31. The molecule has 0 saturated carbocycles. The molecule has 1 aliphatic rings. The largest absolute Gasteiger partial charge is 0.457 e. The maximum absolute atomic E-state index is 13.8. The Labute approximate surface area is 117 Å². The van der Waals surface area contributed by atoms with Crippen LogP contribution < -0.4 is 0 Å². The number of allylic oxidation sites excluding steroid dienone is 2. The van der Waals surface area contributed by atoms with E-state index >= 15 is 0 Å². The van der Waals surface area contributed by atoms with Crippen LogP contribution in [0.2, 0.25) is 0 Å². The second-order valence-corrected chi connectivity index (χ2v) is 5.10. The Balaban J connectivity index is 2.21. The summed E-state index contributed by atoms with van der Waals surface area (Å²) in [6.45, 7) is 7.05. The van der Waals surface area contributed by atoms with Crippen LogP contribution >= 0.6 is 0 Å². The van der Waals surface area contributed by atoms with Crippen LogP contribution in [0.4, 0.5) is 4.39 Å². The quantitative estimate of drug-likeness (QED) is 0.621. The molecule has 0 aromatic heterocycles. The van der Waals surface area contributed by atoms with Crippen molar-refractivity contribution >= 4 is 5.97 Å². The number of hydrogen-bond donors (Lipinski definition) is 0. The summed E-state index contributed by atoms with van der Waals surface area (Å²) in [5.74, 6) is -1.53. The molecular weight excluding hydrogens is 259 g/mol. The Hall–Kier alpha value is -2.10. The molecule has 0 N–H and O–H groups in total. The first-order valence-electron chi connectivity index (χ1n) is 6.41. The van der Waals surface area contributed by atoms with Crippen molar-refractivity contribution in [3.05, 3.63) is 60.1 Å². The Morgan fingerprint density at radius 2 is 2.05 bits per heavy atom. The topological polar surface area (TPSA) is 35.5 Å². The minimum atomic E-state index is -0.998. The van der Waals surface area contributed by atoms with Crippen molar-refractivity contribution in [2.75, 3.05) is 0 Å². The Kier molecular flexibility index (Phi) is 3.93. The average Bonchev–Trinajstić information content (AvgIpc) is 2.34. The van der Waals surface area contributed by atoms with Crippen LogP contribution in [-0.4, -0.2) is 11.8 Å². The molecule has 0 amide bonds. The van der Waals surface area contributed by atoms with Crippen LogP contribution in [-0.2, 0) is 14.3 Å². The zero-order chi connectivity index (χ0) is 14.8. The highest BCUT2D eigenvalue weighted by Gasteiger charge is 2.31. The number of esters is 1. The van der Waals surface area contributed by atoms with Crippen molar-refractivity contribution in [3.63, 3.8) is 0 Å². The van der Waals surface area contributed by atoms with Gasteiger partial charge in [0.1, 0.15) is 11.6 Å². The van der Waals surface area contributed by atoms with E-state index in [0.717, 1.165) is 0 Å². The summed E-state index contributed by atoms with van der Waals surface area (Å²) in [4.78, 5) is 11.5. The van der Waals surface area contributed by atoms with Gasteiger partial charge in [0.2, 0.25) is 5.79 Å². The number of halogens is 1. The van der Waals surface area contributed by atoms with Crippen molar-refractivity contribution in [2.45, 2.75) is 32.0 Å². The molecule has 0 radical (unpaired) electrons. The van der Waals surface area contributed by atoms with Gasteiger partial charge in [0.15, 0.2) is 0 Å². The van der Waals surface area contributed by atoms with E-state index in [-0.39, 0.29) is 11.7 Å². The Morgan fingerprint density at radius 1 is 1.35 bits per heavy atom. The first kappa shape index (κ1) is 14.3. The minimum absolute atomic E-state index is 0.260. The standard InChI is InChI=1S/C16H17FO3/c1-4-11(13-7-5-6-8-14(13)17)9-12-10-15(18)20-16(2,3)19-12/h4-8,10-11H,1,9H2,2-3H3/t11-/m1/s1. The van der Waals surface area contributed by atoms with Crippen molar-refractivity contribution in [3.8, 4) is 0 Å². The van der Waals surface area contributed by atoms with Gasteiger partial charge in [-0.15, -0.1) is 6.58 Å². The lowest BCUT2D eigenvalue weighted by atomic mass is 9.94. The Morgan fingerprint density at radius 3 is 2.65 bits per heavy atom. The van der Waals surface area contributed by atoms with Crippen LogP contribution in [0, 0.1) is 5.82 Å². The zero-order valence-electron chi connectivity index (χ0n) is 11.6. The second-order valence-electron chi connectivity index (χ2n) is 5.10. The first-order chi connectivity index (χ1) is 9.41. The average molecular weight is 276 g/mol. The van der Waals surface area contributed by atoms with Gasteiger partial charge in [0.05, 0.1) is 6.08 Å². The van der Waals surface area contributed by atoms with Crippen LogP contribution in [0.25, 0.3) is 0 Å². The number of benzene rings is 1. The van der Waals surface area contributed by atoms with Crippen LogP contribution in [0.3, 0.4) is 0 Å². The lowest BCUT2D eigenvalue weighted by Gasteiger charge is -2.31. The molecule has 0 fully saturated rings. The summed E-state index contributed by atoms with van der Waals surface area (Å²) < 4.78 is 24.4. The predicted molar refractivity (Wildman–Crippen MR) is 73.3 cm³/mol. The molecule has 1 aromatic carbocycles. The van der Waals surface area contributed by atoms with Gasteiger partial charge in [-0.2, -0.15) is 0 Å². The van der Waals surface area contributed by atoms with Crippen LogP contribution in [0.5, 0.6) is 0 Å². The third-order valence-electron chi connectivity index (χ3n) is 3.01. The lowest BCUT2D eigenvalue weighted by molar-refractivity contribution is -0.206. The van der Waals surface area contributed by atoms with Gasteiger partial charge in [-0.05, 0) is 11.6 Å². The lowest BCUT2D eigenvalue weighted by Crippen LogP contribution is -2.34. The third kappa shape index (κ3) is 3.26. The van der Waals surface area contributed by atoms with Gasteiger partial charge >= 0.3 is 5.97 Å². The molecular formula is C16H17FO3. The van der Waals surface area contributed by atoms with Crippen molar-refractivity contribution < 1.29 is 18.7 Å². The van der Waals surface area contributed by atoms with Crippen LogP contribution in [0.15, 0.2) is 48.8 Å². The fourth-order valence-electron chi connectivity index (χ4n) is 2.18. The number of carbonyl (C=O) groups excluding carboxylic acids is 1. The van der Waals surface area contributed by atoms with Crippen molar-refractivity contribution in [1.29, 1.82) is 0 Å². The summed E-state index contributed by atoms with van der Waals surface area (Å²) in [7, 11) is 0. The molecule has 1 aliphatic heterocycles. The molecule has 0 bridgehead atoms. The van der Waals surface area contributed by atoms with Crippen LogP contribution in [0.1, 0.15) is 31.7 Å². The van der Waals surface area contributed by atoms with Gasteiger partial charge in [-0.1, -0.05) is 24.3 Å². The predicted octanol–water partition coefficient (Wildman–Crippen LogP) is 3.68. The molecule has 0 saturated heterocycles. The molecule has 0 unspecified atom stereocenters. The zero-order valence-corrected chi connectivity index (χ0v) is 11.6. The van der Waals surface area contributed by atoms with E-state index in [4.69, 9.17) is 9.47 Å². The minimum Gasteiger partial charge on any atom is -0.457 e. The fraction of sp³-hybridized carbons (Fsp3) is 0.312. The molecule has 20 heavy (non-hydrogen) atoms. The molecule has 2 rings (SSSR count). The Bertz CT molecular complexity index is 561. The van der Waals surface area contributed by atoms with E-state index in [2.05, 4.69) is 6.58 Å². The van der Waals surface area contributed by atoms with Gasteiger partial charge in [0, 0.05) is 26.2 Å². The fourth-order valence-corrected chi connectivity index (χ4v) is 2.18. The number of cyclic esters (lactones) is 1. The van der Waals surface area contributed by atoms with Gasteiger partial charge in [-0.25, -0.2) is 9.18 Å². The molecule has 106 valence electrons.